The number of aliphatic carboxylic acids is 1. The van der Waals surface area contributed by atoms with Crippen molar-refractivity contribution < 1.29 is 19.5 Å². The standard InChI is InChI=1S/C13H9Cl4NO4/c1-2-3-4(13(21)22)18-11(19)5-6(12(18)20)8(15)10(17)9(16)7(5)14/h4H,2-3H2,1H3,(H,21,22)/p-1/t4-/m1/s1. The van der Waals surface area contributed by atoms with Crippen molar-refractivity contribution in [3.63, 3.8) is 0 Å². The Labute approximate surface area is 145 Å². The van der Waals surface area contributed by atoms with Gasteiger partial charge in [-0.25, -0.2) is 0 Å². The van der Waals surface area contributed by atoms with E-state index in [0.717, 1.165) is 0 Å². The molecule has 1 aliphatic rings. The van der Waals surface area contributed by atoms with E-state index < -0.39 is 23.8 Å². The van der Waals surface area contributed by atoms with Crippen LogP contribution in [0.2, 0.25) is 20.1 Å². The number of hydrogen-bond acceptors (Lipinski definition) is 4. The molecule has 0 aromatic heterocycles. The van der Waals surface area contributed by atoms with Crippen molar-refractivity contribution in [3.05, 3.63) is 31.2 Å². The van der Waals surface area contributed by atoms with Crippen LogP contribution < -0.4 is 5.11 Å². The summed E-state index contributed by atoms with van der Waals surface area (Å²) in [5, 5.41) is 10.4. The van der Waals surface area contributed by atoms with Gasteiger partial charge in [0.25, 0.3) is 11.8 Å². The van der Waals surface area contributed by atoms with Crippen LogP contribution >= 0.6 is 46.4 Å². The Bertz CT molecular complexity index is 657. The highest BCUT2D eigenvalue weighted by atomic mass is 35.5. The second-order valence-corrected chi connectivity index (χ2v) is 6.12. The lowest BCUT2D eigenvalue weighted by atomic mass is 10.1. The van der Waals surface area contributed by atoms with Crippen LogP contribution in [0.1, 0.15) is 40.5 Å². The molecule has 1 atom stereocenters. The van der Waals surface area contributed by atoms with E-state index in [0.29, 0.717) is 11.3 Å². The Kier molecular flexibility index (Phi) is 4.92. The molecule has 0 unspecified atom stereocenters. The van der Waals surface area contributed by atoms with Crippen molar-refractivity contribution in [2.24, 2.45) is 0 Å². The maximum absolute atomic E-state index is 12.4. The third kappa shape index (κ3) is 2.46. The van der Waals surface area contributed by atoms with E-state index >= 15 is 0 Å². The lowest BCUT2D eigenvalue weighted by Crippen LogP contribution is -2.50. The van der Waals surface area contributed by atoms with E-state index in [4.69, 9.17) is 46.4 Å². The van der Waals surface area contributed by atoms with Crippen molar-refractivity contribution in [2.45, 2.75) is 25.8 Å². The van der Waals surface area contributed by atoms with Gasteiger partial charge in [-0.1, -0.05) is 59.7 Å². The first-order chi connectivity index (χ1) is 10.2. The Balaban J connectivity index is 2.66. The highest BCUT2D eigenvalue weighted by Crippen LogP contribution is 2.45. The number of hydrogen-bond donors (Lipinski definition) is 0. The van der Waals surface area contributed by atoms with Gasteiger partial charge in [-0.05, 0) is 6.42 Å². The lowest BCUT2D eigenvalue weighted by molar-refractivity contribution is -0.310. The zero-order valence-electron chi connectivity index (χ0n) is 11.1. The summed E-state index contributed by atoms with van der Waals surface area (Å²) >= 11 is 23.7. The highest BCUT2D eigenvalue weighted by Gasteiger charge is 2.44. The Morgan fingerprint density at radius 3 is 1.73 bits per heavy atom. The fourth-order valence-corrected chi connectivity index (χ4v) is 3.29. The summed E-state index contributed by atoms with van der Waals surface area (Å²) < 4.78 is 0. The molecule has 0 saturated heterocycles. The van der Waals surface area contributed by atoms with Gasteiger partial charge in [0.15, 0.2) is 0 Å². The van der Waals surface area contributed by atoms with E-state index in [1.165, 1.54) is 0 Å². The molecule has 1 heterocycles. The summed E-state index contributed by atoms with van der Waals surface area (Å²) in [5.74, 6) is -3.30. The van der Waals surface area contributed by atoms with Gasteiger partial charge in [0.05, 0.1) is 43.2 Å². The fourth-order valence-electron chi connectivity index (χ4n) is 2.28. The summed E-state index contributed by atoms with van der Waals surface area (Å²) in [6.45, 7) is 1.71. The minimum Gasteiger partial charge on any atom is -0.548 e. The summed E-state index contributed by atoms with van der Waals surface area (Å²) in [4.78, 5) is 36.7. The van der Waals surface area contributed by atoms with E-state index in [9.17, 15) is 19.5 Å². The zero-order valence-corrected chi connectivity index (χ0v) is 14.1. The third-order valence-electron chi connectivity index (χ3n) is 3.28. The van der Waals surface area contributed by atoms with Gasteiger partial charge in [0, 0.05) is 0 Å². The highest BCUT2D eigenvalue weighted by molar-refractivity contribution is 6.55. The molecule has 2 amide bonds. The summed E-state index contributed by atoms with van der Waals surface area (Å²) in [5.41, 5.74) is -0.484. The summed E-state index contributed by atoms with van der Waals surface area (Å²) in [7, 11) is 0. The number of carboxylic acids is 1. The number of carbonyl (C=O) groups is 3. The molecule has 2 rings (SSSR count). The van der Waals surface area contributed by atoms with Crippen LogP contribution in [-0.4, -0.2) is 28.7 Å². The van der Waals surface area contributed by atoms with Crippen LogP contribution in [0, 0.1) is 0 Å². The third-order valence-corrected chi connectivity index (χ3v) is 5.08. The molecule has 0 N–H and O–H groups in total. The minimum atomic E-state index is -1.54. The quantitative estimate of drug-likeness (QED) is 0.455. The average molecular weight is 384 g/mol. The van der Waals surface area contributed by atoms with Crippen LogP contribution in [-0.2, 0) is 4.79 Å². The molecule has 0 spiro atoms. The molecular weight excluding hydrogens is 376 g/mol. The number of amides is 2. The molecule has 5 nitrogen and oxygen atoms in total. The topological polar surface area (TPSA) is 77.5 Å². The molecule has 1 aromatic carbocycles. The number of nitrogens with zero attached hydrogens (tertiary/aromatic N) is 1. The molecule has 0 radical (unpaired) electrons. The molecule has 0 bridgehead atoms. The number of carboxylic acid groups (broad SMARTS) is 1. The van der Waals surface area contributed by atoms with Gasteiger partial charge in [-0.2, -0.15) is 0 Å². The zero-order chi connectivity index (χ0) is 16.8. The summed E-state index contributed by atoms with van der Waals surface area (Å²) in [6, 6.07) is -1.41. The summed E-state index contributed by atoms with van der Waals surface area (Å²) in [6.07, 6.45) is 0.472. The average Bonchev–Trinajstić information content (AvgIpc) is 2.72. The SMILES string of the molecule is CCC[C@H](C(=O)[O-])N1C(=O)c2c(Cl)c(Cl)c(Cl)c(Cl)c2C1=O. The lowest BCUT2D eigenvalue weighted by Gasteiger charge is -2.26. The van der Waals surface area contributed by atoms with Crippen LogP contribution in [0.15, 0.2) is 0 Å². The van der Waals surface area contributed by atoms with Crippen LogP contribution in [0.5, 0.6) is 0 Å². The van der Waals surface area contributed by atoms with E-state index in [2.05, 4.69) is 0 Å². The number of halogens is 4. The first-order valence-electron chi connectivity index (χ1n) is 6.18. The molecular formula is C13H8Cl4NO4-. The van der Waals surface area contributed by atoms with Gasteiger partial charge < -0.3 is 9.90 Å². The van der Waals surface area contributed by atoms with Gasteiger partial charge in [0.1, 0.15) is 0 Å². The van der Waals surface area contributed by atoms with Crippen molar-refractivity contribution in [1.82, 2.24) is 4.90 Å². The van der Waals surface area contributed by atoms with Gasteiger partial charge in [-0.15, -0.1) is 0 Å². The van der Waals surface area contributed by atoms with Gasteiger partial charge >= 0.3 is 0 Å². The molecule has 0 saturated carbocycles. The molecule has 0 fully saturated rings. The molecule has 118 valence electrons. The maximum Gasteiger partial charge on any atom is 0.263 e. The van der Waals surface area contributed by atoms with E-state index in [1.807, 2.05) is 0 Å². The largest absolute Gasteiger partial charge is 0.548 e. The van der Waals surface area contributed by atoms with Crippen LogP contribution in [0.4, 0.5) is 0 Å². The Hall–Kier alpha value is -1.01. The predicted octanol–water partition coefficient (Wildman–Crippen LogP) is 2.81. The molecule has 0 aliphatic carbocycles. The monoisotopic (exact) mass is 382 g/mol. The van der Waals surface area contributed by atoms with Crippen molar-refractivity contribution in [1.29, 1.82) is 0 Å². The first-order valence-corrected chi connectivity index (χ1v) is 7.69. The van der Waals surface area contributed by atoms with Crippen LogP contribution in [0.3, 0.4) is 0 Å². The van der Waals surface area contributed by atoms with E-state index in [-0.39, 0.29) is 37.6 Å². The fraction of sp³-hybridized carbons (Fsp3) is 0.308. The molecule has 1 aromatic rings. The number of imide groups is 1. The normalized spacial score (nSPS) is 15.2. The smallest absolute Gasteiger partial charge is 0.263 e. The Morgan fingerprint density at radius 2 is 1.41 bits per heavy atom. The number of fused-ring (bicyclic) bond motifs is 1. The molecule has 1 aliphatic heterocycles. The maximum atomic E-state index is 12.4. The second kappa shape index (κ2) is 6.24. The van der Waals surface area contributed by atoms with Gasteiger partial charge in [0.2, 0.25) is 0 Å². The molecule has 22 heavy (non-hydrogen) atoms. The van der Waals surface area contributed by atoms with Crippen molar-refractivity contribution in [2.75, 3.05) is 0 Å². The molecule has 9 heteroatoms. The van der Waals surface area contributed by atoms with E-state index in [1.54, 1.807) is 6.92 Å². The number of benzene rings is 1. The first kappa shape index (κ1) is 17.3. The van der Waals surface area contributed by atoms with Crippen molar-refractivity contribution in [3.8, 4) is 0 Å². The predicted molar refractivity (Wildman–Crippen MR) is 80.7 cm³/mol. The second-order valence-electron chi connectivity index (χ2n) is 4.61. The minimum absolute atomic E-state index is 0.0461. The van der Waals surface area contributed by atoms with Gasteiger partial charge in [-0.3, -0.25) is 14.5 Å². The van der Waals surface area contributed by atoms with Crippen LogP contribution in [0.25, 0.3) is 0 Å². The Morgan fingerprint density at radius 1 is 1.00 bits per heavy atom. The van der Waals surface area contributed by atoms with Crippen molar-refractivity contribution >= 4 is 64.2 Å². The number of carbonyl (C=O) groups excluding carboxylic acids is 3. The number of rotatable bonds is 4.